The second kappa shape index (κ2) is 794. The molecule has 0 bridgehead atoms. The molecule has 0 amide bonds. The van der Waals surface area contributed by atoms with Crippen LogP contribution in [0.25, 0.3) is 0 Å². The summed E-state index contributed by atoms with van der Waals surface area (Å²) in [6.07, 6.45) is 0. The van der Waals surface area contributed by atoms with Crippen LogP contribution in [-0.4, -0.2) is 85.2 Å². The minimum atomic E-state index is 0. The van der Waals surface area contributed by atoms with Crippen LogP contribution in [-0.2, 0) is 43.8 Å². The second-order valence-electron chi connectivity index (χ2n) is 0. The van der Waals surface area contributed by atoms with Gasteiger partial charge in [-0.1, -0.05) is 0 Å². The normalized spacial score (nSPS) is 0. The van der Waals surface area contributed by atoms with E-state index in [0.717, 1.165) is 0 Å². The zero-order valence-electron chi connectivity index (χ0n) is 6.63. The number of hydrogen-bond donors (Lipinski definition) is 0. The summed E-state index contributed by atoms with van der Waals surface area (Å²) >= 11 is 0. The molecule has 14 heavy (non-hydrogen) atoms. The second-order valence-corrected chi connectivity index (χ2v) is 0. The quantitative estimate of drug-likeness (QED) is 0.388. The molecule has 0 radical (unpaired) electrons. The third-order valence-corrected chi connectivity index (χ3v) is 0. The van der Waals surface area contributed by atoms with Crippen LogP contribution in [0.1, 0.15) is 0 Å². The molecule has 14 heteroatoms. The molecule has 0 unspecified atom stereocenters. The van der Waals surface area contributed by atoms with Crippen molar-refractivity contribution in [3.8, 4) is 0 Å². The molecule has 0 fully saturated rings. The van der Waals surface area contributed by atoms with Crippen LogP contribution in [0.3, 0.4) is 0 Å². The maximum atomic E-state index is 0. The van der Waals surface area contributed by atoms with Crippen LogP contribution in [0.4, 0.5) is 0 Å². The monoisotopic (exact) mass is 280 g/mol. The fourth-order valence-corrected chi connectivity index (χ4v) is 0. The standard InChI is InChI=1S/2Al.Mg.H2O.8O.2Si/h;;;1H2;;;;;;;;;;/q2*+3;+2;;8*-2;2*+4. The third kappa shape index (κ3) is 638. The molecule has 0 atom stereocenters. The SMILES string of the molecule is O.[Al+3].[Al+3].[Mg+2].[O-2].[O-2].[O-2].[O-2].[O-2].[O-2].[O-2].[O-2].[Si+4].[Si+4]. The molecule has 0 aliphatic heterocycles. The van der Waals surface area contributed by atoms with Crippen molar-refractivity contribution in [3.05, 3.63) is 0 Å². The molecule has 0 aliphatic rings. The van der Waals surface area contributed by atoms with Gasteiger partial charge in [-0.05, 0) is 0 Å². The van der Waals surface area contributed by atoms with Crippen molar-refractivity contribution in [1.29, 1.82) is 0 Å². The largest absolute Gasteiger partial charge is 4.00 e. The number of rotatable bonds is 0. The molecule has 0 aromatic rings. The molecule has 0 aromatic heterocycles. The molecule has 0 aliphatic carbocycles. The van der Waals surface area contributed by atoms with Crippen molar-refractivity contribution in [3.63, 3.8) is 0 Å². The Morgan fingerprint density at radius 3 is 0.357 bits per heavy atom. The number of hydrogen-bond acceptors (Lipinski definition) is 0. The van der Waals surface area contributed by atoms with Crippen molar-refractivity contribution in [2.24, 2.45) is 0 Å². The first-order valence-corrected chi connectivity index (χ1v) is 0. The van der Waals surface area contributed by atoms with E-state index >= 15 is 0 Å². The summed E-state index contributed by atoms with van der Waals surface area (Å²) in [6.45, 7) is 0. The first-order valence-electron chi connectivity index (χ1n) is 0. The minimum absolute atomic E-state index is 0. The van der Waals surface area contributed by atoms with Crippen LogP contribution in [0, 0.1) is 0 Å². The van der Waals surface area contributed by atoms with Crippen LogP contribution >= 0.6 is 0 Å². The fraction of sp³-hybridized carbons (Fsp3) is 0. The van der Waals surface area contributed by atoms with Crippen molar-refractivity contribution in [1.82, 2.24) is 0 Å². The maximum Gasteiger partial charge on any atom is 4.00 e. The smallest absolute Gasteiger partial charge is 2.00 e. The zero-order chi connectivity index (χ0) is 0. The van der Waals surface area contributed by atoms with Gasteiger partial charge in [0.25, 0.3) is 0 Å². The van der Waals surface area contributed by atoms with Crippen molar-refractivity contribution < 1.29 is 49.3 Å². The molecular weight excluding hydrogens is 278 g/mol. The Bertz CT molecular complexity index is 20.8. The van der Waals surface area contributed by atoms with E-state index in [1.54, 1.807) is 0 Å². The van der Waals surface area contributed by atoms with Gasteiger partial charge >= 0.3 is 79.7 Å². The molecular formula is H2Al2MgO9Si2. The first kappa shape index (κ1) is 974. The van der Waals surface area contributed by atoms with Gasteiger partial charge in [0, 0.05) is 0 Å². The predicted octanol–water partition coefficient (Wildman–Crippen LogP) is -3.68. The molecule has 72 valence electrons. The average molecular weight is 280 g/mol. The summed E-state index contributed by atoms with van der Waals surface area (Å²) < 4.78 is 0. The van der Waals surface area contributed by atoms with Crippen molar-refractivity contribution >= 4 is 79.7 Å². The summed E-state index contributed by atoms with van der Waals surface area (Å²) in [7, 11) is 0. The molecule has 9 nitrogen and oxygen atoms in total. The van der Waals surface area contributed by atoms with E-state index in [2.05, 4.69) is 0 Å². The summed E-state index contributed by atoms with van der Waals surface area (Å²) in [6, 6.07) is 0. The summed E-state index contributed by atoms with van der Waals surface area (Å²) in [4.78, 5) is 0. The Morgan fingerprint density at radius 1 is 0.357 bits per heavy atom. The van der Waals surface area contributed by atoms with Gasteiger partial charge in [0.05, 0.1) is 0 Å². The van der Waals surface area contributed by atoms with E-state index in [1.165, 1.54) is 0 Å². The predicted molar refractivity (Wildman–Crippen MR) is 37.9 cm³/mol. The van der Waals surface area contributed by atoms with Gasteiger partial charge in [-0.2, -0.15) is 0 Å². The summed E-state index contributed by atoms with van der Waals surface area (Å²) in [5.74, 6) is 0. The van der Waals surface area contributed by atoms with E-state index in [9.17, 15) is 0 Å². The Kier molecular flexibility index (Phi) is 55200. The summed E-state index contributed by atoms with van der Waals surface area (Å²) in [5.41, 5.74) is 0. The Morgan fingerprint density at radius 2 is 0.357 bits per heavy atom. The fourth-order valence-electron chi connectivity index (χ4n) is 0. The Labute approximate surface area is 128 Å². The van der Waals surface area contributed by atoms with E-state index < -0.39 is 0 Å². The van der Waals surface area contributed by atoms with E-state index in [-0.39, 0.29) is 129 Å². The summed E-state index contributed by atoms with van der Waals surface area (Å²) in [5, 5.41) is 0. The molecule has 0 saturated heterocycles. The Hall–Kier alpha value is 1.90. The van der Waals surface area contributed by atoms with Gasteiger partial charge in [0.1, 0.15) is 0 Å². The van der Waals surface area contributed by atoms with Crippen molar-refractivity contribution in [2.75, 3.05) is 0 Å². The zero-order valence-corrected chi connectivity index (χ0v) is 12.4. The van der Waals surface area contributed by atoms with Crippen LogP contribution in [0.15, 0.2) is 0 Å². The van der Waals surface area contributed by atoms with Crippen LogP contribution in [0.5, 0.6) is 0 Å². The van der Waals surface area contributed by atoms with Crippen LogP contribution < -0.4 is 0 Å². The molecule has 0 saturated carbocycles. The molecule has 2 N–H and O–H groups in total. The van der Waals surface area contributed by atoms with Gasteiger partial charge in [-0.15, -0.1) is 0 Å². The van der Waals surface area contributed by atoms with E-state index in [1.807, 2.05) is 0 Å². The van der Waals surface area contributed by atoms with E-state index in [0.29, 0.717) is 0 Å². The van der Waals surface area contributed by atoms with Gasteiger partial charge in [-0.25, -0.2) is 0 Å². The first-order chi connectivity index (χ1) is 0. The van der Waals surface area contributed by atoms with Gasteiger partial charge in [-0.3, -0.25) is 0 Å². The van der Waals surface area contributed by atoms with Gasteiger partial charge < -0.3 is 49.3 Å². The molecule has 0 heterocycles. The van der Waals surface area contributed by atoms with Crippen molar-refractivity contribution in [2.45, 2.75) is 0 Å². The molecule has 0 rings (SSSR count). The van der Waals surface area contributed by atoms with Crippen LogP contribution in [0.2, 0.25) is 0 Å². The van der Waals surface area contributed by atoms with E-state index in [4.69, 9.17) is 0 Å². The average Bonchev–Trinajstić information content (AvgIpc) is 0. The minimum Gasteiger partial charge on any atom is -2.00 e. The molecule has 0 aromatic carbocycles. The third-order valence-electron chi connectivity index (χ3n) is 0. The Balaban J connectivity index is 0. The van der Waals surface area contributed by atoms with Gasteiger partial charge in [0.15, 0.2) is 0 Å². The topological polar surface area (TPSA) is 260 Å². The molecule has 0 spiro atoms. The maximum absolute atomic E-state index is 0. The van der Waals surface area contributed by atoms with Gasteiger partial charge in [0.2, 0.25) is 0 Å².